The summed E-state index contributed by atoms with van der Waals surface area (Å²) in [6, 6.07) is 12.7. The molecule has 0 unspecified atom stereocenters. The van der Waals surface area contributed by atoms with Crippen molar-refractivity contribution in [3.63, 3.8) is 0 Å². The van der Waals surface area contributed by atoms with Crippen LogP contribution in [0.25, 0.3) is 11.1 Å². The lowest BCUT2D eigenvalue weighted by Gasteiger charge is -2.29. The van der Waals surface area contributed by atoms with Crippen molar-refractivity contribution >= 4 is 0 Å². The first-order valence-corrected chi connectivity index (χ1v) is 15.6. The van der Waals surface area contributed by atoms with E-state index >= 15 is 0 Å². The van der Waals surface area contributed by atoms with Gasteiger partial charge in [0, 0.05) is 17.7 Å². The van der Waals surface area contributed by atoms with E-state index in [2.05, 4.69) is 23.5 Å². The largest absolute Gasteiger partial charge is 0.432 e. The van der Waals surface area contributed by atoms with Crippen LogP contribution in [0.2, 0.25) is 0 Å². The van der Waals surface area contributed by atoms with E-state index in [1.165, 1.54) is 62.8 Å². The number of halogens is 8. The Hall–Kier alpha value is -4.32. The van der Waals surface area contributed by atoms with Crippen molar-refractivity contribution in [1.29, 1.82) is 0 Å². The summed E-state index contributed by atoms with van der Waals surface area (Å²) < 4.78 is 118. The van der Waals surface area contributed by atoms with Crippen molar-refractivity contribution in [1.82, 2.24) is 0 Å². The highest BCUT2D eigenvalue weighted by Crippen LogP contribution is 2.39. The molecule has 4 aromatic rings. The van der Waals surface area contributed by atoms with Gasteiger partial charge < -0.3 is 4.74 Å². The molecular formula is C38H32F8O. The van der Waals surface area contributed by atoms with Crippen LogP contribution >= 0.6 is 0 Å². The molecule has 1 saturated carbocycles. The lowest BCUT2D eigenvalue weighted by atomic mass is 9.77. The molecule has 0 heterocycles. The Morgan fingerprint density at radius 3 is 1.91 bits per heavy atom. The molecule has 0 aliphatic heterocycles. The molecule has 0 saturated heterocycles. The van der Waals surface area contributed by atoms with Crippen LogP contribution in [0.1, 0.15) is 86.5 Å². The van der Waals surface area contributed by atoms with Gasteiger partial charge in [-0.2, -0.15) is 8.78 Å². The maximum absolute atomic E-state index is 15.0. The van der Waals surface area contributed by atoms with Gasteiger partial charge in [-0.15, -0.1) is 0 Å². The Kier molecular flexibility index (Phi) is 10.6. The molecule has 4 aromatic carbocycles. The third-order valence-corrected chi connectivity index (χ3v) is 8.62. The Morgan fingerprint density at radius 1 is 0.681 bits per heavy atom. The lowest BCUT2D eigenvalue weighted by Crippen LogP contribution is -2.25. The number of ether oxygens (including phenoxy) is 1. The van der Waals surface area contributed by atoms with E-state index in [9.17, 15) is 35.1 Å². The quantitative estimate of drug-likeness (QED) is 0.0754. The van der Waals surface area contributed by atoms with Gasteiger partial charge >= 0.3 is 6.11 Å². The molecule has 0 atom stereocenters. The number of hydrogen-bond donors (Lipinski definition) is 0. The number of hydrogen-bond acceptors (Lipinski definition) is 1. The first-order valence-electron chi connectivity index (χ1n) is 15.6. The van der Waals surface area contributed by atoms with Gasteiger partial charge in [-0.05, 0) is 90.6 Å². The van der Waals surface area contributed by atoms with Gasteiger partial charge in [-0.25, -0.2) is 26.3 Å². The van der Waals surface area contributed by atoms with Crippen LogP contribution in [0.5, 0.6) is 5.75 Å². The molecule has 0 bridgehead atoms. The Morgan fingerprint density at radius 2 is 1.32 bits per heavy atom. The molecule has 1 aliphatic rings. The van der Waals surface area contributed by atoms with Crippen LogP contribution in [0, 0.1) is 52.7 Å². The molecule has 9 heteroatoms. The molecule has 246 valence electrons. The second-order valence-electron chi connectivity index (χ2n) is 11.9. The second-order valence-corrected chi connectivity index (χ2v) is 11.9. The van der Waals surface area contributed by atoms with Crippen molar-refractivity contribution in [2.24, 2.45) is 5.92 Å². The Labute approximate surface area is 268 Å². The summed E-state index contributed by atoms with van der Waals surface area (Å²) >= 11 is 0. The maximum Gasteiger partial charge on any atom is 0.432 e. The summed E-state index contributed by atoms with van der Waals surface area (Å²) in [6.45, 7) is 2.20. The van der Waals surface area contributed by atoms with E-state index in [1.807, 2.05) is 6.07 Å². The van der Waals surface area contributed by atoms with Crippen LogP contribution in [0.3, 0.4) is 0 Å². The van der Waals surface area contributed by atoms with Crippen LogP contribution in [-0.4, -0.2) is 0 Å². The van der Waals surface area contributed by atoms with Gasteiger partial charge in [0.05, 0.1) is 5.56 Å². The minimum atomic E-state index is -4.69. The summed E-state index contributed by atoms with van der Waals surface area (Å²) in [5.74, 6) is -3.71. The highest BCUT2D eigenvalue weighted by molar-refractivity contribution is 5.65. The molecule has 1 aliphatic carbocycles. The molecule has 0 amide bonds. The number of unbranched alkanes of at least 4 members (excludes halogenated alkanes) is 2. The van der Waals surface area contributed by atoms with Gasteiger partial charge in [-0.3, -0.25) is 0 Å². The fraction of sp³-hybridized carbons (Fsp3) is 0.316. The van der Waals surface area contributed by atoms with Gasteiger partial charge in [-0.1, -0.05) is 62.6 Å². The minimum Gasteiger partial charge on any atom is -0.429 e. The molecular weight excluding hydrogens is 624 g/mol. The Balaban J connectivity index is 1.25. The molecule has 0 radical (unpaired) electrons. The average Bonchev–Trinajstić information content (AvgIpc) is 3.03. The van der Waals surface area contributed by atoms with E-state index < -0.39 is 52.3 Å². The summed E-state index contributed by atoms with van der Waals surface area (Å²) in [5, 5.41) is 0. The predicted molar refractivity (Wildman–Crippen MR) is 164 cm³/mol. The van der Waals surface area contributed by atoms with Gasteiger partial charge in [0.25, 0.3) is 0 Å². The summed E-state index contributed by atoms with van der Waals surface area (Å²) in [4.78, 5) is 0. The SMILES string of the molecule is CCCCCC1CCC(c2ccc(C#Cc3ccc(-c4cc(F)c(C(F)(F)Oc5cc(F)c(F)c(F)c5)c(F)c4)cc3)c(F)c2)CC1. The lowest BCUT2D eigenvalue weighted by molar-refractivity contribution is -0.189. The third-order valence-electron chi connectivity index (χ3n) is 8.62. The van der Waals surface area contributed by atoms with Crippen molar-refractivity contribution in [2.75, 3.05) is 0 Å². The monoisotopic (exact) mass is 656 g/mol. The first-order chi connectivity index (χ1) is 22.4. The number of benzene rings is 4. The van der Waals surface area contributed by atoms with Gasteiger partial charge in [0.15, 0.2) is 17.5 Å². The molecule has 0 spiro atoms. The average molecular weight is 657 g/mol. The summed E-state index contributed by atoms with van der Waals surface area (Å²) in [7, 11) is 0. The molecule has 47 heavy (non-hydrogen) atoms. The van der Waals surface area contributed by atoms with E-state index in [1.54, 1.807) is 12.1 Å². The van der Waals surface area contributed by atoms with E-state index in [0.717, 1.165) is 24.3 Å². The predicted octanol–water partition coefficient (Wildman–Crippen LogP) is 11.6. The fourth-order valence-corrected chi connectivity index (χ4v) is 6.05. The maximum atomic E-state index is 15.0. The van der Waals surface area contributed by atoms with Crippen molar-refractivity contribution in [2.45, 2.75) is 70.3 Å². The molecule has 5 rings (SSSR count). The summed E-state index contributed by atoms with van der Waals surface area (Å²) in [6.07, 6.45) is 4.78. The molecule has 1 nitrogen and oxygen atoms in total. The summed E-state index contributed by atoms with van der Waals surface area (Å²) in [5.41, 5.74) is 0.0846. The van der Waals surface area contributed by atoms with Crippen LogP contribution in [-0.2, 0) is 6.11 Å². The Bertz CT molecular complexity index is 1730. The topological polar surface area (TPSA) is 9.23 Å². The zero-order chi connectivity index (χ0) is 33.7. The first kappa shape index (κ1) is 34.0. The zero-order valence-corrected chi connectivity index (χ0v) is 25.6. The second kappa shape index (κ2) is 14.6. The molecule has 0 N–H and O–H groups in total. The van der Waals surface area contributed by atoms with Crippen LogP contribution < -0.4 is 4.74 Å². The van der Waals surface area contributed by atoms with Crippen LogP contribution in [0.15, 0.2) is 66.7 Å². The van der Waals surface area contributed by atoms with E-state index in [-0.39, 0.29) is 28.8 Å². The van der Waals surface area contributed by atoms with E-state index in [4.69, 9.17) is 0 Å². The fourth-order valence-electron chi connectivity index (χ4n) is 6.05. The smallest absolute Gasteiger partial charge is 0.429 e. The number of alkyl halides is 2. The minimum absolute atomic E-state index is 0.0884. The van der Waals surface area contributed by atoms with Crippen molar-refractivity contribution in [3.8, 4) is 28.7 Å². The number of rotatable bonds is 9. The highest BCUT2D eigenvalue weighted by atomic mass is 19.3. The van der Waals surface area contributed by atoms with Crippen molar-refractivity contribution < 1.29 is 39.9 Å². The van der Waals surface area contributed by atoms with Crippen molar-refractivity contribution in [3.05, 3.63) is 124 Å². The van der Waals surface area contributed by atoms with Gasteiger partial charge in [0.2, 0.25) is 0 Å². The zero-order valence-electron chi connectivity index (χ0n) is 25.6. The molecule has 0 aromatic heterocycles. The third kappa shape index (κ3) is 8.16. The van der Waals surface area contributed by atoms with E-state index in [0.29, 0.717) is 23.6 Å². The van der Waals surface area contributed by atoms with Gasteiger partial charge in [0.1, 0.15) is 28.8 Å². The standard InChI is InChI=1S/C38H32F8O/c1-2-3-4-5-23-6-11-25(12-7-23)28-17-16-27(31(39)18-28)15-10-24-8-13-26(14-9-24)29-19-32(40)36(33(41)20-29)38(45,46)47-30-21-34(42)37(44)35(43)22-30/h8-9,13-14,16-23,25H,2-7,11-12H2,1H3. The van der Waals surface area contributed by atoms with Crippen LogP contribution in [0.4, 0.5) is 35.1 Å². The highest BCUT2D eigenvalue weighted by Gasteiger charge is 2.41. The molecule has 1 fully saturated rings. The normalized spacial score (nSPS) is 16.4.